The van der Waals surface area contributed by atoms with Crippen LogP contribution in [-0.4, -0.2) is 36.0 Å². The largest absolute Gasteiger partial charge is 0.346 e. The van der Waals surface area contributed by atoms with E-state index in [1.165, 1.54) is 5.56 Å². The summed E-state index contributed by atoms with van der Waals surface area (Å²) in [6.07, 6.45) is 0. The van der Waals surface area contributed by atoms with E-state index >= 15 is 0 Å². The number of hydrogen-bond donors (Lipinski definition) is 3. The molecule has 0 saturated carbocycles. The van der Waals surface area contributed by atoms with Crippen molar-refractivity contribution in [2.75, 3.05) is 23.5 Å². The maximum atomic E-state index is 12.0. The molecule has 0 spiro atoms. The van der Waals surface area contributed by atoms with E-state index in [9.17, 15) is 9.59 Å². The van der Waals surface area contributed by atoms with E-state index in [0.717, 1.165) is 28.4 Å². The molecule has 1 aromatic rings. The maximum Gasteiger partial charge on any atom is 0.243 e. The lowest BCUT2D eigenvalue weighted by molar-refractivity contribution is -0.125. The van der Waals surface area contributed by atoms with E-state index in [2.05, 4.69) is 16.0 Å². The molecule has 7 heteroatoms. The molecule has 1 fully saturated rings. The quantitative estimate of drug-likeness (QED) is 0.779. The van der Waals surface area contributed by atoms with Crippen molar-refractivity contribution in [3.63, 3.8) is 0 Å². The van der Waals surface area contributed by atoms with Gasteiger partial charge in [-0.05, 0) is 31.9 Å². The average Bonchev–Trinajstić information content (AvgIpc) is 2.94. The van der Waals surface area contributed by atoms with Crippen LogP contribution >= 0.6 is 24.2 Å². The zero-order chi connectivity index (χ0) is 15.4. The predicted octanol–water partition coefficient (Wildman–Crippen LogP) is 1.75. The third-order valence-corrected chi connectivity index (χ3v) is 4.34. The average molecular weight is 344 g/mol. The minimum Gasteiger partial charge on any atom is -0.346 e. The summed E-state index contributed by atoms with van der Waals surface area (Å²) < 4.78 is 0. The van der Waals surface area contributed by atoms with Crippen LogP contribution in [0.3, 0.4) is 0 Å². The minimum absolute atomic E-state index is 0. The van der Waals surface area contributed by atoms with E-state index < -0.39 is 0 Å². The second-order valence-corrected chi connectivity index (χ2v) is 6.34. The first-order chi connectivity index (χ1) is 9.97. The molecule has 2 rings (SSSR count). The van der Waals surface area contributed by atoms with Crippen molar-refractivity contribution in [2.24, 2.45) is 0 Å². The molecule has 0 radical (unpaired) electrons. The van der Waals surface area contributed by atoms with Crippen molar-refractivity contribution in [3.8, 4) is 0 Å². The molecule has 0 bridgehead atoms. The van der Waals surface area contributed by atoms with Gasteiger partial charge >= 0.3 is 0 Å². The van der Waals surface area contributed by atoms with Gasteiger partial charge in [0.25, 0.3) is 0 Å². The number of halogens is 1. The SMILES string of the molecule is Cc1cc(C)c(NC(=O)CNC(=O)C2CSCN2)c(C)c1.Cl. The first-order valence-corrected chi connectivity index (χ1v) is 8.09. The molecule has 2 amide bonds. The van der Waals surface area contributed by atoms with Crippen molar-refractivity contribution in [2.45, 2.75) is 26.8 Å². The molecule has 1 saturated heterocycles. The number of carbonyl (C=O) groups excluding carboxylic acids is 2. The fourth-order valence-electron chi connectivity index (χ4n) is 2.42. The first kappa shape index (κ1) is 18.8. The summed E-state index contributed by atoms with van der Waals surface area (Å²) in [6, 6.07) is 3.87. The van der Waals surface area contributed by atoms with Crippen molar-refractivity contribution in [1.29, 1.82) is 0 Å². The molecule has 1 atom stereocenters. The van der Waals surface area contributed by atoms with Crippen molar-refractivity contribution in [1.82, 2.24) is 10.6 Å². The van der Waals surface area contributed by atoms with E-state index in [0.29, 0.717) is 0 Å². The monoisotopic (exact) mass is 343 g/mol. The highest BCUT2D eigenvalue weighted by Gasteiger charge is 2.22. The van der Waals surface area contributed by atoms with Gasteiger partial charge in [-0.1, -0.05) is 17.7 Å². The standard InChI is InChI=1S/C15H21N3O2S.ClH/c1-9-4-10(2)14(11(3)5-9)18-13(19)6-16-15(20)12-7-21-8-17-12;/h4-5,12,17H,6-8H2,1-3H3,(H,16,20)(H,18,19);1H. The summed E-state index contributed by atoms with van der Waals surface area (Å²) >= 11 is 1.68. The van der Waals surface area contributed by atoms with Crippen LogP contribution < -0.4 is 16.0 Å². The lowest BCUT2D eigenvalue weighted by atomic mass is 10.1. The topological polar surface area (TPSA) is 70.2 Å². The Kier molecular flexibility index (Phi) is 7.19. The van der Waals surface area contributed by atoms with E-state index in [1.54, 1.807) is 11.8 Å². The molecule has 1 aromatic carbocycles. The summed E-state index contributed by atoms with van der Waals surface area (Å²) in [4.78, 5) is 23.8. The zero-order valence-electron chi connectivity index (χ0n) is 13.0. The van der Waals surface area contributed by atoms with Crippen molar-refractivity contribution < 1.29 is 9.59 Å². The Morgan fingerprint density at radius 3 is 2.45 bits per heavy atom. The number of carbonyl (C=O) groups is 2. The number of amides is 2. The Bertz CT molecular complexity index is 537. The fraction of sp³-hybridized carbons (Fsp3) is 0.467. The van der Waals surface area contributed by atoms with Crippen molar-refractivity contribution >= 4 is 41.7 Å². The van der Waals surface area contributed by atoms with Crippen LogP contribution in [0.25, 0.3) is 0 Å². The third-order valence-electron chi connectivity index (χ3n) is 3.40. The zero-order valence-corrected chi connectivity index (χ0v) is 14.6. The molecule has 122 valence electrons. The van der Waals surface area contributed by atoms with Gasteiger partial charge in [-0.3, -0.25) is 14.9 Å². The molecule has 5 nitrogen and oxygen atoms in total. The van der Waals surface area contributed by atoms with Crippen LogP contribution in [0.15, 0.2) is 12.1 Å². The number of anilines is 1. The third kappa shape index (κ3) is 4.90. The summed E-state index contributed by atoms with van der Waals surface area (Å²) in [5.41, 5.74) is 4.05. The normalized spacial score (nSPS) is 16.8. The summed E-state index contributed by atoms with van der Waals surface area (Å²) in [5, 5.41) is 8.61. The molecular weight excluding hydrogens is 322 g/mol. The van der Waals surface area contributed by atoms with Gasteiger partial charge in [0.1, 0.15) is 0 Å². The van der Waals surface area contributed by atoms with Crippen molar-refractivity contribution in [3.05, 3.63) is 28.8 Å². The Labute approximate surface area is 141 Å². The van der Waals surface area contributed by atoms with E-state index in [-0.39, 0.29) is 36.8 Å². The molecule has 1 unspecified atom stereocenters. The van der Waals surface area contributed by atoms with Crippen LogP contribution in [0.4, 0.5) is 5.69 Å². The summed E-state index contributed by atoms with van der Waals surface area (Å²) in [5.74, 6) is 1.21. The van der Waals surface area contributed by atoms with Crippen LogP contribution in [0.2, 0.25) is 0 Å². The minimum atomic E-state index is -0.205. The van der Waals surface area contributed by atoms with Gasteiger partial charge in [0.05, 0.1) is 12.6 Å². The Balaban J connectivity index is 0.00000242. The number of benzene rings is 1. The van der Waals surface area contributed by atoms with Gasteiger partial charge in [-0.15, -0.1) is 24.2 Å². The number of thioether (sulfide) groups is 1. The van der Waals surface area contributed by atoms with Crippen LogP contribution in [0.5, 0.6) is 0 Å². The Hall–Kier alpha value is -1.24. The van der Waals surface area contributed by atoms with Gasteiger partial charge in [-0.25, -0.2) is 0 Å². The molecular formula is C15H22ClN3O2S. The van der Waals surface area contributed by atoms with Crippen LogP contribution in [0, 0.1) is 20.8 Å². The van der Waals surface area contributed by atoms with Gasteiger partial charge in [0.2, 0.25) is 11.8 Å². The molecule has 3 N–H and O–H groups in total. The van der Waals surface area contributed by atoms with E-state index in [4.69, 9.17) is 0 Å². The Morgan fingerprint density at radius 1 is 1.27 bits per heavy atom. The van der Waals surface area contributed by atoms with Gasteiger partial charge in [0, 0.05) is 17.3 Å². The molecule has 22 heavy (non-hydrogen) atoms. The lowest BCUT2D eigenvalue weighted by Crippen LogP contribution is -2.44. The van der Waals surface area contributed by atoms with E-state index in [1.807, 2.05) is 32.9 Å². The number of hydrogen-bond acceptors (Lipinski definition) is 4. The highest BCUT2D eigenvalue weighted by Crippen LogP contribution is 2.21. The Morgan fingerprint density at radius 2 is 1.91 bits per heavy atom. The maximum absolute atomic E-state index is 12.0. The van der Waals surface area contributed by atoms with Crippen LogP contribution in [0.1, 0.15) is 16.7 Å². The number of rotatable bonds is 4. The fourth-order valence-corrected chi connectivity index (χ4v) is 3.36. The van der Waals surface area contributed by atoms with Gasteiger partial charge in [-0.2, -0.15) is 0 Å². The smallest absolute Gasteiger partial charge is 0.243 e. The summed E-state index contributed by atoms with van der Waals surface area (Å²) in [6.45, 7) is 5.95. The summed E-state index contributed by atoms with van der Waals surface area (Å²) in [7, 11) is 0. The molecule has 1 aliphatic heterocycles. The lowest BCUT2D eigenvalue weighted by Gasteiger charge is -2.14. The second-order valence-electron chi connectivity index (χ2n) is 5.31. The highest BCUT2D eigenvalue weighted by atomic mass is 35.5. The van der Waals surface area contributed by atoms with Crippen LogP contribution in [-0.2, 0) is 9.59 Å². The molecule has 0 aromatic heterocycles. The number of nitrogens with one attached hydrogen (secondary N) is 3. The first-order valence-electron chi connectivity index (χ1n) is 6.94. The van der Waals surface area contributed by atoms with Gasteiger partial charge in [0.15, 0.2) is 0 Å². The predicted molar refractivity (Wildman–Crippen MR) is 93.8 cm³/mol. The van der Waals surface area contributed by atoms with Gasteiger partial charge < -0.3 is 10.6 Å². The second kappa shape index (κ2) is 8.41. The molecule has 0 aliphatic carbocycles. The highest BCUT2D eigenvalue weighted by molar-refractivity contribution is 7.99. The molecule has 1 heterocycles. The molecule has 1 aliphatic rings. The number of aryl methyl sites for hydroxylation is 3.